The number of hydrogen-bond acceptors (Lipinski definition) is 6. The molecule has 13 heteroatoms. The fraction of sp³-hybridized carbons (Fsp3) is 0.115. The number of halogens is 4. The van der Waals surface area contributed by atoms with Gasteiger partial charge in [0.25, 0.3) is 11.8 Å². The van der Waals surface area contributed by atoms with Crippen molar-refractivity contribution in [2.75, 3.05) is 4.90 Å². The van der Waals surface area contributed by atoms with E-state index in [-0.39, 0.29) is 21.5 Å². The Morgan fingerprint density at radius 2 is 1.67 bits per heavy atom. The molecule has 3 aromatic rings. The van der Waals surface area contributed by atoms with E-state index in [0.717, 1.165) is 17.2 Å². The van der Waals surface area contributed by atoms with Crippen molar-refractivity contribution in [1.29, 1.82) is 0 Å². The highest BCUT2D eigenvalue weighted by molar-refractivity contribution is 7.80. The van der Waals surface area contributed by atoms with Gasteiger partial charge in [0.1, 0.15) is 11.3 Å². The van der Waals surface area contributed by atoms with Gasteiger partial charge in [-0.3, -0.25) is 29.9 Å². The Morgan fingerprint density at radius 1 is 1.03 bits per heavy atom. The van der Waals surface area contributed by atoms with Gasteiger partial charge in [0, 0.05) is 6.07 Å². The summed E-state index contributed by atoms with van der Waals surface area (Å²) in [6.45, 7) is 3.71. The number of hydrogen-bond donors (Lipinski definition) is 1. The number of carbonyl (C=O) groups excluding carboxylic acids is 2. The van der Waals surface area contributed by atoms with Crippen LogP contribution in [0.2, 0.25) is 5.02 Å². The quantitative estimate of drug-likeness (QED) is 0.122. The summed E-state index contributed by atoms with van der Waals surface area (Å²) in [5, 5.41) is 13.7. The number of nitrogens with one attached hydrogen (secondary N) is 1. The van der Waals surface area contributed by atoms with E-state index in [9.17, 15) is 32.9 Å². The molecule has 39 heavy (non-hydrogen) atoms. The zero-order valence-electron chi connectivity index (χ0n) is 20.1. The first-order chi connectivity index (χ1) is 18.2. The zero-order valence-corrected chi connectivity index (χ0v) is 21.7. The second kappa shape index (κ2) is 10.5. The average Bonchev–Trinajstić information content (AvgIpc) is 2.82. The Labute approximate surface area is 229 Å². The van der Waals surface area contributed by atoms with Gasteiger partial charge in [-0.1, -0.05) is 23.7 Å². The average molecular weight is 576 g/mol. The molecule has 0 aliphatic carbocycles. The van der Waals surface area contributed by atoms with E-state index in [4.69, 9.17) is 28.6 Å². The predicted molar refractivity (Wildman–Crippen MR) is 142 cm³/mol. The molecule has 0 bridgehead atoms. The van der Waals surface area contributed by atoms with Gasteiger partial charge in [0.05, 0.1) is 21.2 Å². The van der Waals surface area contributed by atoms with Crippen molar-refractivity contribution in [3.8, 4) is 11.5 Å². The lowest BCUT2D eigenvalue weighted by Gasteiger charge is -2.29. The fourth-order valence-corrected chi connectivity index (χ4v) is 4.38. The summed E-state index contributed by atoms with van der Waals surface area (Å²) in [5.41, 5.74) is 0.218. The molecule has 0 unspecified atom stereocenters. The predicted octanol–water partition coefficient (Wildman–Crippen LogP) is 6.51. The van der Waals surface area contributed by atoms with Crippen LogP contribution in [0.1, 0.15) is 22.3 Å². The summed E-state index contributed by atoms with van der Waals surface area (Å²) in [7, 11) is 0. The molecule has 4 rings (SSSR count). The molecule has 8 nitrogen and oxygen atoms in total. The maximum atomic E-state index is 13.3. The van der Waals surface area contributed by atoms with E-state index >= 15 is 0 Å². The molecule has 0 aromatic heterocycles. The molecule has 1 N–H and O–H groups in total. The second-order valence-corrected chi connectivity index (χ2v) is 9.33. The Bertz CT molecular complexity index is 1570. The van der Waals surface area contributed by atoms with E-state index in [0.29, 0.717) is 23.4 Å². The van der Waals surface area contributed by atoms with E-state index < -0.39 is 39.9 Å². The Morgan fingerprint density at radius 3 is 2.26 bits per heavy atom. The van der Waals surface area contributed by atoms with Gasteiger partial charge < -0.3 is 4.74 Å². The topological polar surface area (TPSA) is 102 Å². The highest BCUT2D eigenvalue weighted by Gasteiger charge is 2.35. The minimum absolute atomic E-state index is 0.0768. The van der Waals surface area contributed by atoms with Gasteiger partial charge in [0.2, 0.25) is 5.75 Å². The van der Waals surface area contributed by atoms with Crippen LogP contribution < -0.4 is 15.0 Å². The number of aryl methyl sites for hydroxylation is 2. The largest absolute Gasteiger partial charge is 0.449 e. The Balaban J connectivity index is 1.64. The minimum Gasteiger partial charge on any atom is -0.449 e. The number of benzene rings is 3. The summed E-state index contributed by atoms with van der Waals surface area (Å²) in [4.78, 5) is 37.4. The minimum atomic E-state index is -4.78. The van der Waals surface area contributed by atoms with Crippen molar-refractivity contribution in [2.45, 2.75) is 20.0 Å². The van der Waals surface area contributed by atoms with Crippen LogP contribution in [-0.4, -0.2) is 21.9 Å². The van der Waals surface area contributed by atoms with Crippen LogP contribution in [0.4, 0.5) is 24.5 Å². The first kappa shape index (κ1) is 27.7. The van der Waals surface area contributed by atoms with Gasteiger partial charge in [0.15, 0.2) is 5.11 Å². The highest BCUT2D eigenvalue weighted by atomic mass is 35.5. The van der Waals surface area contributed by atoms with Gasteiger partial charge in [-0.05, 0) is 85.2 Å². The van der Waals surface area contributed by atoms with Gasteiger partial charge >= 0.3 is 11.9 Å². The summed E-state index contributed by atoms with van der Waals surface area (Å²) in [5.74, 6) is -1.94. The summed E-state index contributed by atoms with van der Waals surface area (Å²) >= 11 is 11.5. The van der Waals surface area contributed by atoms with Crippen LogP contribution in [0, 0.1) is 24.0 Å². The second-order valence-electron chi connectivity index (χ2n) is 8.53. The molecule has 2 amide bonds. The van der Waals surface area contributed by atoms with E-state index in [1.807, 2.05) is 19.9 Å². The number of ether oxygens (including phenoxy) is 1. The number of amides is 2. The van der Waals surface area contributed by atoms with Gasteiger partial charge in [-0.2, -0.15) is 13.2 Å². The number of nitrogens with zero attached hydrogens (tertiary/aromatic N) is 2. The fourth-order valence-electron chi connectivity index (χ4n) is 3.87. The first-order valence-corrected chi connectivity index (χ1v) is 11.9. The van der Waals surface area contributed by atoms with Crippen molar-refractivity contribution in [3.63, 3.8) is 0 Å². The molecule has 1 aliphatic rings. The molecule has 0 saturated carbocycles. The molecule has 200 valence electrons. The van der Waals surface area contributed by atoms with E-state index in [2.05, 4.69) is 5.32 Å². The van der Waals surface area contributed by atoms with Gasteiger partial charge in [-0.15, -0.1) is 0 Å². The maximum absolute atomic E-state index is 13.3. The molecular weight excluding hydrogens is 559 g/mol. The molecule has 1 fully saturated rings. The number of thiocarbonyl (C=S) groups is 1. The van der Waals surface area contributed by atoms with Crippen LogP contribution in [0.3, 0.4) is 0 Å². The zero-order chi connectivity index (χ0) is 28.6. The monoisotopic (exact) mass is 575 g/mol. The number of anilines is 1. The molecule has 1 aliphatic heterocycles. The molecule has 0 spiro atoms. The van der Waals surface area contributed by atoms with Crippen LogP contribution in [-0.2, 0) is 15.8 Å². The number of carbonyl (C=O) groups is 2. The maximum Gasteiger partial charge on any atom is 0.416 e. The summed E-state index contributed by atoms with van der Waals surface area (Å²) in [6, 6.07) is 11.3. The number of rotatable bonds is 5. The van der Waals surface area contributed by atoms with E-state index in [1.165, 1.54) is 29.2 Å². The van der Waals surface area contributed by atoms with Crippen LogP contribution in [0.25, 0.3) is 6.08 Å². The number of alkyl halides is 3. The molecule has 3 aromatic carbocycles. The van der Waals surface area contributed by atoms with E-state index in [1.54, 1.807) is 12.1 Å². The standard InChI is InChI=1S/C26H17ClF3N3O5S/c1-13-7-14(2)9-17(8-13)32-24(35)18(23(34)31-25(32)39)10-15-3-5-21(19(27)11-15)38-22-6-4-16(26(28,29)30)12-20(22)33(36)37/h3-12H,1-2H3,(H,31,34,39)/b18-10+. The normalized spacial score (nSPS) is 15.0. The van der Waals surface area contributed by atoms with Crippen LogP contribution in [0.5, 0.6) is 11.5 Å². The SMILES string of the molecule is Cc1cc(C)cc(N2C(=O)/C(=C/c3ccc(Oc4ccc(C(F)(F)F)cc4[N+](=O)[O-])c(Cl)c3)C(=O)NC2=S)c1. The number of nitro groups is 1. The third kappa shape index (κ3) is 5.91. The van der Waals surface area contributed by atoms with Crippen molar-refractivity contribution in [3.05, 3.63) is 97.6 Å². The summed E-state index contributed by atoms with van der Waals surface area (Å²) < 4.78 is 44.3. The molecular formula is C26H17ClF3N3O5S. The third-order valence-corrected chi connectivity index (χ3v) is 6.12. The van der Waals surface area contributed by atoms with Crippen LogP contribution >= 0.6 is 23.8 Å². The van der Waals surface area contributed by atoms with Crippen molar-refractivity contribution >= 4 is 58.2 Å². The van der Waals surface area contributed by atoms with Crippen molar-refractivity contribution in [2.24, 2.45) is 0 Å². The molecule has 0 atom stereocenters. The highest BCUT2D eigenvalue weighted by Crippen LogP contribution is 2.39. The lowest BCUT2D eigenvalue weighted by Crippen LogP contribution is -2.54. The Kier molecular flexibility index (Phi) is 7.44. The van der Waals surface area contributed by atoms with Gasteiger partial charge in [-0.25, -0.2) is 0 Å². The lowest BCUT2D eigenvalue weighted by atomic mass is 10.1. The smallest absolute Gasteiger partial charge is 0.416 e. The molecule has 1 heterocycles. The molecule has 0 radical (unpaired) electrons. The lowest BCUT2D eigenvalue weighted by molar-refractivity contribution is -0.385. The molecule has 1 saturated heterocycles. The summed E-state index contributed by atoms with van der Waals surface area (Å²) in [6.07, 6.45) is -3.50. The first-order valence-electron chi connectivity index (χ1n) is 11.1. The third-order valence-electron chi connectivity index (χ3n) is 5.54. The Hall–Kier alpha value is -4.29. The van der Waals surface area contributed by atoms with Crippen molar-refractivity contribution in [1.82, 2.24) is 5.32 Å². The van der Waals surface area contributed by atoms with Crippen LogP contribution in [0.15, 0.2) is 60.2 Å². The number of nitro benzene ring substituents is 1. The van der Waals surface area contributed by atoms with Crippen molar-refractivity contribution < 1.29 is 32.4 Å².